The van der Waals surface area contributed by atoms with Crippen LogP contribution in [0, 0.1) is 6.92 Å². The van der Waals surface area contributed by atoms with Gasteiger partial charge in [0.1, 0.15) is 0 Å². The third-order valence-electron chi connectivity index (χ3n) is 4.97. The molecule has 2 N–H and O–H groups in total. The Labute approximate surface area is 146 Å². The SMILES string of the molecule is COC1CC(CC(=O)O)N(C(=O)CCc2c[nH]c3ccc(C)cc23)C1. The van der Waals surface area contributed by atoms with Gasteiger partial charge in [-0.05, 0) is 37.5 Å². The van der Waals surface area contributed by atoms with Crippen molar-refractivity contribution >= 4 is 22.8 Å². The third kappa shape index (κ3) is 3.85. The molecule has 2 heterocycles. The van der Waals surface area contributed by atoms with E-state index in [0.29, 0.717) is 25.8 Å². The molecule has 3 rings (SSSR count). The number of aliphatic carboxylic acids is 1. The Kier molecular flexibility index (Phi) is 5.08. The van der Waals surface area contributed by atoms with E-state index in [1.807, 2.05) is 19.2 Å². The van der Waals surface area contributed by atoms with Crippen LogP contribution >= 0.6 is 0 Å². The summed E-state index contributed by atoms with van der Waals surface area (Å²) in [6.07, 6.45) is 3.43. The van der Waals surface area contributed by atoms with Crippen molar-refractivity contribution in [1.29, 1.82) is 0 Å². The van der Waals surface area contributed by atoms with Gasteiger partial charge in [-0.3, -0.25) is 9.59 Å². The summed E-state index contributed by atoms with van der Waals surface area (Å²) in [5, 5.41) is 10.2. The number of likely N-dealkylation sites (tertiary alicyclic amines) is 1. The molecule has 0 spiro atoms. The number of nitrogens with one attached hydrogen (secondary N) is 1. The van der Waals surface area contributed by atoms with Gasteiger partial charge in [-0.2, -0.15) is 0 Å². The maximum atomic E-state index is 12.7. The number of benzene rings is 1. The van der Waals surface area contributed by atoms with Crippen LogP contribution in [0.25, 0.3) is 10.9 Å². The minimum Gasteiger partial charge on any atom is -0.481 e. The number of fused-ring (bicyclic) bond motifs is 1. The first kappa shape index (κ1) is 17.5. The van der Waals surface area contributed by atoms with Gasteiger partial charge in [0.2, 0.25) is 5.91 Å². The Bertz CT molecular complexity index is 783. The highest BCUT2D eigenvalue weighted by atomic mass is 16.5. The summed E-state index contributed by atoms with van der Waals surface area (Å²) >= 11 is 0. The number of rotatable bonds is 6. The van der Waals surface area contributed by atoms with Crippen molar-refractivity contribution in [3.63, 3.8) is 0 Å². The van der Waals surface area contributed by atoms with Gasteiger partial charge in [0, 0.05) is 43.2 Å². The summed E-state index contributed by atoms with van der Waals surface area (Å²) in [6.45, 7) is 2.52. The molecule has 2 atom stereocenters. The molecule has 0 bridgehead atoms. The van der Waals surface area contributed by atoms with E-state index >= 15 is 0 Å². The summed E-state index contributed by atoms with van der Waals surface area (Å²) in [5.74, 6) is -0.889. The molecule has 1 aromatic carbocycles. The van der Waals surface area contributed by atoms with Gasteiger partial charge in [-0.1, -0.05) is 11.6 Å². The quantitative estimate of drug-likeness (QED) is 0.843. The van der Waals surface area contributed by atoms with Gasteiger partial charge >= 0.3 is 5.97 Å². The number of H-pyrrole nitrogens is 1. The van der Waals surface area contributed by atoms with Crippen molar-refractivity contribution in [3.05, 3.63) is 35.5 Å². The van der Waals surface area contributed by atoms with E-state index < -0.39 is 5.97 Å². The number of aryl methyl sites for hydroxylation is 2. The minimum atomic E-state index is -0.883. The number of aromatic nitrogens is 1. The van der Waals surface area contributed by atoms with Gasteiger partial charge < -0.3 is 19.7 Å². The van der Waals surface area contributed by atoms with Gasteiger partial charge in [0.25, 0.3) is 0 Å². The molecule has 2 unspecified atom stereocenters. The average Bonchev–Trinajstić information content (AvgIpc) is 3.15. The first-order chi connectivity index (χ1) is 12.0. The van der Waals surface area contributed by atoms with Crippen molar-refractivity contribution in [3.8, 4) is 0 Å². The van der Waals surface area contributed by atoms with Crippen LogP contribution in [-0.2, 0) is 20.7 Å². The Morgan fingerprint density at radius 3 is 2.92 bits per heavy atom. The predicted molar refractivity (Wildman–Crippen MR) is 94.5 cm³/mol. The van der Waals surface area contributed by atoms with Gasteiger partial charge in [0.05, 0.1) is 12.5 Å². The summed E-state index contributed by atoms with van der Waals surface area (Å²) in [7, 11) is 1.60. The molecule has 0 radical (unpaired) electrons. The van der Waals surface area contributed by atoms with Crippen LogP contribution in [-0.4, -0.2) is 52.7 Å². The highest BCUT2D eigenvalue weighted by molar-refractivity contribution is 5.85. The number of carbonyl (C=O) groups excluding carboxylic acids is 1. The zero-order valence-electron chi connectivity index (χ0n) is 14.6. The van der Waals surface area contributed by atoms with Crippen molar-refractivity contribution in [1.82, 2.24) is 9.88 Å². The van der Waals surface area contributed by atoms with E-state index in [0.717, 1.165) is 16.5 Å². The fourth-order valence-corrected chi connectivity index (χ4v) is 3.63. The Morgan fingerprint density at radius 2 is 2.20 bits per heavy atom. The zero-order chi connectivity index (χ0) is 18.0. The number of carboxylic acids is 1. The van der Waals surface area contributed by atoms with Crippen molar-refractivity contribution in [2.24, 2.45) is 0 Å². The first-order valence-corrected chi connectivity index (χ1v) is 8.58. The number of carboxylic acid groups (broad SMARTS) is 1. The van der Waals surface area contributed by atoms with E-state index in [-0.39, 0.29) is 24.5 Å². The van der Waals surface area contributed by atoms with E-state index in [4.69, 9.17) is 9.84 Å². The van der Waals surface area contributed by atoms with Crippen LogP contribution in [0.15, 0.2) is 24.4 Å². The Balaban J connectivity index is 1.68. The number of hydrogen-bond donors (Lipinski definition) is 2. The summed E-state index contributed by atoms with van der Waals surface area (Å²) in [5.41, 5.74) is 3.37. The van der Waals surface area contributed by atoms with Crippen molar-refractivity contribution in [2.45, 2.75) is 44.8 Å². The first-order valence-electron chi connectivity index (χ1n) is 8.58. The standard InChI is InChI=1S/C19H24N2O4/c1-12-3-5-17-16(7-12)13(10-20-17)4-6-18(22)21-11-15(25-2)8-14(21)9-19(23)24/h3,5,7,10,14-15,20H,4,6,8-9,11H2,1-2H3,(H,23,24). The summed E-state index contributed by atoms with van der Waals surface area (Å²) < 4.78 is 5.33. The van der Waals surface area contributed by atoms with Crippen LogP contribution in [0.4, 0.5) is 0 Å². The number of carbonyl (C=O) groups is 2. The van der Waals surface area contributed by atoms with Crippen molar-refractivity contribution < 1.29 is 19.4 Å². The molecule has 0 aliphatic carbocycles. The lowest BCUT2D eigenvalue weighted by atomic mass is 10.1. The Morgan fingerprint density at radius 1 is 1.40 bits per heavy atom. The topological polar surface area (TPSA) is 82.6 Å². The fraction of sp³-hybridized carbons (Fsp3) is 0.474. The molecule has 1 fully saturated rings. The molecule has 1 amide bonds. The lowest BCUT2D eigenvalue weighted by molar-refractivity contribution is -0.139. The normalized spacial score (nSPS) is 20.3. The van der Waals surface area contributed by atoms with Gasteiger partial charge in [0.15, 0.2) is 0 Å². The maximum Gasteiger partial charge on any atom is 0.305 e. The number of aromatic amines is 1. The molecule has 25 heavy (non-hydrogen) atoms. The van der Waals surface area contributed by atoms with Crippen LogP contribution in [0.1, 0.15) is 30.4 Å². The van der Waals surface area contributed by atoms with E-state index in [1.54, 1.807) is 12.0 Å². The second-order valence-corrected chi connectivity index (χ2v) is 6.75. The average molecular weight is 344 g/mol. The molecule has 0 saturated carbocycles. The summed E-state index contributed by atoms with van der Waals surface area (Å²) in [6, 6.07) is 5.94. The molecule has 1 aliphatic rings. The minimum absolute atomic E-state index is 0.00666. The summed E-state index contributed by atoms with van der Waals surface area (Å²) in [4.78, 5) is 28.6. The molecule has 6 nitrogen and oxygen atoms in total. The van der Waals surface area contributed by atoms with Crippen LogP contribution in [0.2, 0.25) is 0 Å². The smallest absolute Gasteiger partial charge is 0.305 e. The second kappa shape index (κ2) is 7.27. The molecule has 1 aliphatic heterocycles. The number of hydrogen-bond acceptors (Lipinski definition) is 3. The molecule has 6 heteroatoms. The van der Waals surface area contributed by atoms with E-state index in [9.17, 15) is 9.59 Å². The van der Waals surface area contributed by atoms with Gasteiger partial charge in [-0.15, -0.1) is 0 Å². The predicted octanol–water partition coefficient (Wildman–Crippen LogP) is 2.50. The number of amides is 1. The van der Waals surface area contributed by atoms with Crippen LogP contribution in [0.3, 0.4) is 0 Å². The second-order valence-electron chi connectivity index (χ2n) is 6.75. The molecule has 2 aromatic rings. The van der Waals surface area contributed by atoms with E-state index in [1.165, 1.54) is 5.56 Å². The zero-order valence-corrected chi connectivity index (χ0v) is 14.6. The molecule has 1 saturated heterocycles. The molecular weight excluding hydrogens is 320 g/mol. The monoisotopic (exact) mass is 344 g/mol. The highest BCUT2D eigenvalue weighted by Gasteiger charge is 2.36. The molecule has 1 aromatic heterocycles. The van der Waals surface area contributed by atoms with Crippen LogP contribution < -0.4 is 0 Å². The molecular formula is C19H24N2O4. The lowest BCUT2D eigenvalue weighted by Crippen LogP contribution is -2.37. The molecule has 134 valence electrons. The number of ether oxygens (including phenoxy) is 1. The highest BCUT2D eigenvalue weighted by Crippen LogP contribution is 2.25. The Hall–Kier alpha value is -2.34. The third-order valence-corrected chi connectivity index (χ3v) is 4.97. The number of methoxy groups -OCH3 is 1. The number of nitrogens with zero attached hydrogens (tertiary/aromatic N) is 1. The van der Waals surface area contributed by atoms with Crippen molar-refractivity contribution in [2.75, 3.05) is 13.7 Å². The lowest BCUT2D eigenvalue weighted by Gasteiger charge is -2.23. The van der Waals surface area contributed by atoms with E-state index in [2.05, 4.69) is 17.1 Å². The van der Waals surface area contributed by atoms with Gasteiger partial charge in [-0.25, -0.2) is 0 Å². The largest absolute Gasteiger partial charge is 0.481 e. The maximum absolute atomic E-state index is 12.7. The fourth-order valence-electron chi connectivity index (χ4n) is 3.63. The van der Waals surface area contributed by atoms with Crippen LogP contribution in [0.5, 0.6) is 0 Å².